The number of carbonyl (C=O) groups is 2. The van der Waals surface area contributed by atoms with Crippen molar-refractivity contribution in [3.8, 4) is 17.2 Å². The molecule has 8 heteroatoms. The van der Waals surface area contributed by atoms with Crippen LogP contribution in [-0.4, -0.2) is 38.1 Å². The summed E-state index contributed by atoms with van der Waals surface area (Å²) in [4.78, 5) is 29.3. The van der Waals surface area contributed by atoms with Crippen LogP contribution in [0.1, 0.15) is 21.5 Å². The molecule has 0 atom stereocenters. The predicted molar refractivity (Wildman–Crippen MR) is 138 cm³/mol. The highest BCUT2D eigenvalue weighted by Crippen LogP contribution is 2.38. The Kier molecular flexibility index (Phi) is 7.55. The average molecular weight is 486 g/mol. The summed E-state index contributed by atoms with van der Waals surface area (Å²) in [6.45, 7) is 0.169. The molecule has 4 rings (SSSR count). The standard InChI is InChI=1S/C28H27N3O5/c1-34-24-13-18(14-25(35-2)26(24)36-3)16-30-28(33)23(31-27(32)19-9-5-4-6-10-19)15-20-17-29-22-12-8-7-11-21(20)22/h4-15,17,29H,16H2,1-3H3,(H,30,33)(H,31,32). The van der Waals surface area contributed by atoms with Crippen molar-refractivity contribution < 1.29 is 23.8 Å². The summed E-state index contributed by atoms with van der Waals surface area (Å²) in [5.41, 5.74) is 2.99. The van der Waals surface area contributed by atoms with Crippen LogP contribution < -0.4 is 24.8 Å². The van der Waals surface area contributed by atoms with Crippen LogP contribution >= 0.6 is 0 Å². The van der Waals surface area contributed by atoms with Crippen LogP contribution in [0.3, 0.4) is 0 Å². The van der Waals surface area contributed by atoms with Crippen molar-refractivity contribution in [2.75, 3.05) is 21.3 Å². The summed E-state index contributed by atoms with van der Waals surface area (Å²) >= 11 is 0. The molecule has 0 aliphatic heterocycles. The molecule has 0 saturated heterocycles. The van der Waals surface area contributed by atoms with Crippen LogP contribution in [0.5, 0.6) is 17.2 Å². The van der Waals surface area contributed by atoms with Gasteiger partial charge in [-0.1, -0.05) is 36.4 Å². The van der Waals surface area contributed by atoms with Crippen LogP contribution in [0.2, 0.25) is 0 Å². The Bertz CT molecular complexity index is 1380. The fourth-order valence-corrected chi connectivity index (χ4v) is 3.83. The van der Waals surface area contributed by atoms with Crippen LogP contribution in [0.25, 0.3) is 17.0 Å². The number of H-pyrrole nitrogens is 1. The first-order valence-electron chi connectivity index (χ1n) is 11.2. The zero-order chi connectivity index (χ0) is 25.5. The van der Waals surface area contributed by atoms with E-state index in [1.165, 1.54) is 21.3 Å². The molecular weight excluding hydrogens is 458 g/mol. The van der Waals surface area contributed by atoms with Crippen molar-refractivity contribution in [1.82, 2.24) is 15.6 Å². The van der Waals surface area contributed by atoms with Gasteiger partial charge in [0, 0.05) is 34.8 Å². The molecule has 0 unspecified atom stereocenters. The van der Waals surface area contributed by atoms with Gasteiger partial charge < -0.3 is 29.8 Å². The summed E-state index contributed by atoms with van der Waals surface area (Å²) in [6.07, 6.45) is 3.45. The molecule has 4 aromatic rings. The molecule has 0 fully saturated rings. The summed E-state index contributed by atoms with van der Waals surface area (Å²) in [6, 6.07) is 20.0. The highest BCUT2D eigenvalue weighted by Gasteiger charge is 2.17. The van der Waals surface area contributed by atoms with E-state index in [9.17, 15) is 9.59 Å². The largest absolute Gasteiger partial charge is 0.493 e. The maximum absolute atomic E-state index is 13.3. The molecule has 0 bridgehead atoms. The number of fused-ring (bicyclic) bond motifs is 1. The lowest BCUT2D eigenvalue weighted by molar-refractivity contribution is -0.117. The SMILES string of the molecule is COc1cc(CNC(=O)C(=Cc2c[nH]c3ccccc23)NC(=O)c2ccccc2)cc(OC)c1OC. The van der Waals surface area contributed by atoms with Gasteiger partial charge in [-0.15, -0.1) is 0 Å². The van der Waals surface area contributed by atoms with Gasteiger partial charge in [0.05, 0.1) is 21.3 Å². The van der Waals surface area contributed by atoms with Crippen molar-refractivity contribution in [2.24, 2.45) is 0 Å². The number of ether oxygens (including phenoxy) is 3. The van der Waals surface area contributed by atoms with Gasteiger partial charge in [0.2, 0.25) is 5.75 Å². The lowest BCUT2D eigenvalue weighted by atomic mass is 10.1. The Balaban J connectivity index is 1.62. The third-order valence-corrected chi connectivity index (χ3v) is 5.63. The van der Waals surface area contributed by atoms with Gasteiger partial charge in [-0.3, -0.25) is 9.59 Å². The number of hydrogen-bond donors (Lipinski definition) is 3. The lowest BCUT2D eigenvalue weighted by Crippen LogP contribution is -2.34. The highest BCUT2D eigenvalue weighted by atomic mass is 16.5. The topological polar surface area (TPSA) is 102 Å². The molecule has 1 heterocycles. The second-order valence-corrected chi connectivity index (χ2v) is 7.88. The van der Waals surface area contributed by atoms with Crippen molar-refractivity contribution in [3.05, 3.63) is 95.3 Å². The van der Waals surface area contributed by atoms with Gasteiger partial charge in [0.25, 0.3) is 11.8 Å². The maximum Gasteiger partial charge on any atom is 0.268 e. The Morgan fingerprint density at radius 1 is 0.889 bits per heavy atom. The molecule has 3 aromatic carbocycles. The predicted octanol–water partition coefficient (Wildman–Crippen LogP) is 4.28. The van der Waals surface area contributed by atoms with Crippen molar-refractivity contribution in [2.45, 2.75) is 6.54 Å². The molecule has 1 aromatic heterocycles. The molecule has 0 aliphatic rings. The Morgan fingerprint density at radius 2 is 1.56 bits per heavy atom. The number of aromatic nitrogens is 1. The van der Waals surface area contributed by atoms with E-state index in [0.717, 1.165) is 22.0 Å². The molecule has 8 nitrogen and oxygen atoms in total. The number of benzene rings is 3. The lowest BCUT2D eigenvalue weighted by Gasteiger charge is -2.15. The molecule has 3 N–H and O–H groups in total. The normalized spacial score (nSPS) is 11.1. The highest BCUT2D eigenvalue weighted by molar-refractivity contribution is 6.06. The monoisotopic (exact) mass is 485 g/mol. The molecule has 0 spiro atoms. The molecule has 2 amide bonds. The van der Waals surface area contributed by atoms with Gasteiger partial charge in [-0.25, -0.2) is 0 Å². The van der Waals surface area contributed by atoms with E-state index in [1.807, 2.05) is 30.3 Å². The number of hydrogen-bond acceptors (Lipinski definition) is 5. The first-order valence-corrected chi connectivity index (χ1v) is 11.2. The summed E-state index contributed by atoms with van der Waals surface area (Å²) < 4.78 is 16.2. The van der Waals surface area contributed by atoms with E-state index >= 15 is 0 Å². The van der Waals surface area contributed by atoms with Gasteiger partial charge in [0.1, 0.15) is 5.70 Å². The Morgan fingerprint density at radius 3 is 2.22 bits per heavy atom. The number of methoxy groups -OCH3 is 3. The Labute approximate surface area is 208 Å². The van der Waals surface area contributed by atoms with Crippen LogP contribution in [0.15, 0.2) is 78.6 Å². The smallest absolute Gasteiger partial charge is 0.268 e. The van der Waals surface area contributed by atoms with Crippen LogP contribution in [-0.2, 0) is 11.3 Å². The van der Waals surface area contributed by atoms with Gasteiger partial charge in [0.15, 0.2) is 11.5 Å². The molecule has 0 radical (unpaired) electrons. The van der Waals surface area contributed by atoms with E-state index in [4.69, 9.17) is 14.2 Å². The van der Waals surface area contributed by atoms with Crippen molar-refractivity contribution >= 4 is 28.8 Å². The Hall–Kier alpha value is -4.72. The van der Waals surface area contributed by atoms with Crippen LogP contribution in [0, 0.1) is 0 Å². The number of rotatable bonds is 9. The zero-order valence-electron chi connectivity index (χ0n) is 20.3. The average Bonchev–Trinajstić information content (AvgIpc) is 3.33. The van der Waals surface area contributed by atoms with Gasteiger partial charge in [-0.2, -0.15) is 0 Å². The minimum atomic E-state index is -0.446. The van der Waals surface area contributed by atoms with Crippen molar-refractivity contribution in [3.63, 3.8) is 0 Å². The van der Waals surface area contributed by atoms with E-state index in [-0.39, 0.29) is 18.1 Å². The second-order valence-electron chi connectivity index (χ2n) is 7.88. The minimum absolute atomic E-state index is 0.112. The van der Waals surface area contributed by atoms with Gasteiger partial charge in [-0.05, 0) is 42.0 Å². The summed E-state index contributed by atoms with van der Waals surface area (Å²) in [7, 11) is 4.58. The third-order valence-electron chi connectivity index (χ3n) is 5.63. The molecular formula is C28H27N3O5. The molecule has 36 heavy (non-hydrogen) atoms. The zero-order valence-corrected chi connectivity index (χ0v) is 20.3. The van der Waals surface area contributed by atoms with Crippen molar-refractivity contribution in [1.29, 1.82) is 0 Å². The first kappa shape index (κ1) is 24.4. The third kappa shape index (κ3) is 5.33. The van der Waals surface area contributed by atoms with Gasteiger partial charge >= 0.3 is 0 Å². The quantitative estimate of drug-likeness (QED) is 0.307. The summed E-state index contributed by atoms with van der Waals surface area (Å²) in [5, 5.41) is 6.57. The van der Waals surface area contributed by atoms with E-state index < -0.39 is 5.91 Å². The second kappa shape index (κ2) is 11.1. The minimum Gasteiger partial charge on any atom is -0.493 e. The fraction of sp³-hybridized carbons (Fsp3) is 0.143. The molecule has 184 valence electrons. The number of para-hydroxylation sites is 1. The number of carbonyl (C=O) groups excluding carboxylic acids is 2. The van der Waals surface area contributed by atoms with E-state index in [2.05, 4.69) is 15.6 Å². The fourth-order valence-electron chi connectivity index (χ4n) is 3.83. The molecule has 0 aliphatic carbocycles. The first-order chi connectivity index (χ1) is 17.5. The summed E-state index contributed by atoms with van der Waals surface area (Å²) in [5.74, 6) is 0.592. The maximum atomic E-state index is 13.3. The van der Waals surface area contributed by atoms with Crippen LogP contribution in [0.4, 0.5) is 0 Å². The number of nitrogens with one attached hydrogen (secondary N) is 3. The van der Waals surface area contributed by atoms with E-state index in [1.54, 1.807) is 48.7 Å². The number of amides is 2. The number of aromatic amines is 1. The molecule has 0 saturated carbocycles. The van der Waals surface area contributed by atoms with E-state index in [0.29, 0.717) is 22.8 Å².